The fourth-order valence-corrected chi connectivity index (χ4v) is 1.03. The molecule has 0 radical (unpaired) electrons. The van der Waals surface area contributed by atoms with Gasteiger partial charge in [-0.3, -0.25) is 10.2 Å². The number of carbonyl (C=O) groups is 2. The van der Waals surface area contributed by atoms with Crippen LogP contribution in [0.5, 0.6) is 5.75 Å². The number of hydrogen-bond donors (Lipinski definition) is 4. The first-order valence-electron chi connectivity index (χ1n) is 3.64. The molecule has 0 aliphatic carbocycles. The normalized spacial score (nSPS) is 9.50. The van der Waals surface area contributed by atoms with Crippen LogP contribution in [0, 0.1) is 0 Å². The van der Waals surface area contributed by atoms with Crippen molar-refractivity contribution in [1.29, 1.82) is 0 Å². The van der Waals surface area contributed by atoms with E-state index >= 15 is 0 Å². The van der Waals surface area contributed by atoms with E-state index in [-0.39, 0.29) is 11.1 Å². The third-order valence-corrected chi connectivity index (χ3v) is 1.63. The highest BCUT2D eigenvalue weighted by molar-refractivity contribution is 6.06. The van der Waals surface area contributed by atoms with Crippen molar-refractivity contribution in [2.75, 3.05) is 0 Å². The van der Waals surface area contributed by atoms with Crippen molar-refractivity contribution in [3.05, 3.63) is 29.3 Å². The molecule has 6 heteroatoms. The Morgan fingerprint density at radius 1 is 1.36 bits per heavy atom. The summed E-state index contributed by atoms with van der Waals surface area (Å²) in [6, 6.07) is 3.73. The molecule has 0 aliphatic heterocycles. The van der Waals surface area contributed by atoms with E-state index in [1.54, 1.807) is 5.43 Å². The number of aromatic carboxylic acids is 1. The SMILES string of the molecule is NNC(=O)c1c(O)cccc1C(=O)O. The van der Waals surface area contributed by atoms with Crippen molar-refractivity contribution < 1.29 is 19.8 Å². The van der Waals surface area contributed by atoms with Crippen LogP contribution in [0.3, 0.4) is 0 Å². The first-order valence-corrected chi connectivity index (χ1v) is 3.64. The molecule has 0 unspecified atom stereocenters. The minimum Gasteiger partial charge on any atom is -0.507 e. The van der Waals surface area contributed by atoms with Gasteiger partial charge < -0.3 is 10.2 Å². The van der Waals surface area contributed by atoms with Crippen LogP contribution in [0.4, 0.5) is 0 Å². The van der Waals surface area contributed by atoms with Crippen LogP contribution in [-0.4, -0.2) is 22.1 Å². The van der Waals surface area contributed by atoms with Gasteiger partial charge >= 0.3 is 5.97 Å². The highest BCUT2D eigenvalue weighted by atomic mass is 16.4. The summed E-state index contributed by atoms with van der Waals surface area (Å²) in [6.45, 7) is 0. The molecule has 0 heterocycles. The van der Waals surface area contributed by atoms with Gasteiger partial charge in [0.1, 0.15) is 5.75 Å². The molecule has 0 spiro atoms. The molecule has 0 fully saturated rings. The van der Waals surface area contributed by atoms with Crippen LogP contribution >= 0.6 is 0 Å². The third kappa shape index (κ3) is 1.64. The lowest BCUT2D eigenvalue weighted by molar-refractivity contribution is 0.0690. The smallest absolute Gasteiger partial charge is 0.336 e. The van der Waals surface area contributed by atoms with E-state index < -0.39 is 17.6 Å². The van der Waals surface area contributed by atoms with Crippen LogP contribution < -0.4 is 11.3 Å². The van der Waals surface area contributed by atoms with Crippen molar-refractivity contribution in [1.82, 2.24) is 5.43 Å². The van der Waals surface area contributed by atoms with Gasteiger partial charge in [-0.05, 0) is 12.1 Å². The van der Waals surface area contributed by atoms with Crippen LogP contribution in [0.1, 0.15) is 20.7 Å². The zero-order chi connectivity index (χ0) is 10.7. The Hall–Kier alpha value is -2.08. The first-order chi connectivity index (χ1) is 6.57. The number of carboxylic acids is 1. The van der Waals surface area contributed by atoms with Gasteiger partial charge in [-0.25, -0.2) is 10.6 Å². The second kappa shape index (κ2) is 3.75. The van der Waals surface area contributed by atoms with Gasteiger partial charge in [-0.15, -0.1) is 0 Å². The van der Waals surface area contributed by atoms with E-state index in [9.17, 15) is 14.7 Å². The van der Waals surface area contributed by atoms with E-state index in [0.29, 0.717) is 0 Å². The van der Waals surface area contributed by atoms with E-state index in [1.807, 2.05) is 0 Å². The molecule has 6 nitrogen and oxygen atoms in total. The van der Waals surface area contributed by atoms with E-state index in [2.05, 4.69) is 0 Å². The lowest BCUT2D eigenvalue weighted by Crippen LogP contribution is -2.31. The molecule has 0 aromatic heterocycles. The number of benzene rings is 1. The van der Waals surface area contributed by atoms with Gasteiger partial charge in [0.15, 0.2) is 0 Å². The van der Waals surface area contributed by atoms with Gasteiger partial charge in [0.25, 0.3) is 5.91 Å². The van der Waals surface area contributed by atoms with E-state index in [4.69, 9.17) is 10.9 Å². The second-order valence-corrected chi connectivity index (χ2v) is 2.48. The van der Waals surface area contributed by atoms with Crippen LogP contribution in [0.25, 0.3) is 0 Å². The van der Waals surface area contributed by atoms with Crippen molar-refractivity contribution >= 4 is 11.9 Å². The molecule has 1 rings (SSSR count). The van der Waals surface area contributed by atoms with Gasteiger partial charge in [0, 0.05) is 0 Å². The monoisotopic (exact) mass is 196 g/mol. The van der Waals surface area contributed by atoms with E-state index in [0.717, 1.165) is 0 Å². The molecule has 74 valence electrons. The summed E-state index contributed by atoms with van der Waals surface area (Å²) in [6.07, 6.45) is 0. The number of nitrogens with one attached hydrogen (secondary N) is 1. The van der Waals surface area contributed by atoms with Crippen LogP contribution in [0.15, 0.2) is 18.2 Å². The molecule has 0 saturated heterocycles. The van der Waals surface area contributed by atoms with Gasteiger partial charge in [-0.2, -0.15) is 0 Å². The largest absolute Gasteiger partial charge is 0.507 e. The summed E-state index contributed by atoms with van der Waals surface area (Å²) < 4.78 is 0. The van der Waals surface area contributed by atoms with Gasteiger partial charge in [0.2, 0.25) is 0 Å². The number of nitrogens with two attached hydrogens (primary N) is 1. The summed E-state index contributed by atoms with van der Waals surface area (Å²) in [7, 11) is 0. The van der Waals surface area contributed by atoms with Gasteiger partial charge in [0.05, 0.1) is 11.1 Å². The topological polar surface area (TPSA) is 113 Å². The predicted molar refractivity (Wildman–Crippen MR) is 46.7 cm³/mol. The third-order valence-electron chi connectivity index (χ3n) is 1.63. The molecule has 0 aliphatic rings. The Bertz CT molecular complexity index is 389. The Morgan fingerprint density at radius 3 is 2.50 bits per heavy atom. The minimum absolute atomic E-state index is 0.298. The number of phenols is 1. The zero-order valence-electron chi connectivity index (χ0n) is 7.02. The minimum atomic E-state index is -1.31. The molecular formula is C8H8N2O4. The molecule has 0 atom stereocenters. The van der Waals surface area contributed by atoms with E-state index in [1.165, 1.54) is 18.2 Å². The fourth-order valence-electron chi connectivity index (χ4n) is 1.03. The fraction of sp³-hybridized carbons (Fsp3) is 0. The summed E-state index contributed by atoms with van der Waals surface area (Å²) >= 11 is 0. The quantitative estimate of drug-likeness (QED) is 0.294. The molecule has 0 saturated carbocycles. The maximum absolute atomic E-state index is 11.1. The van der Waals surface area contributed by atoms with Crippen molar-refractivity contribution in [2.24, 2.45) is 5.84 Å². The molecule has 1 aromatic carbocycles. The predicted octanol–water partition coefficient (Wildman–Crippen LogP) is -0.306. The Balaban J connectivity index is 3.36. The molecule has 1 aromatic rings. The highest BCUT2D eigenvalue weighted by Gasteiger charge is 2.19. The molecular weight excluding hydrogens is 188 g/mol. The highest BCUT2D eigenvalue weighted by Crippen LogP contribution is 2.20. The second-order valence-electron chi connectivity index (χ2n) is 2.48. The molecule has 14 heavy (non-hydrogen) atoms. The average Bonchev–Trinajstić information content (AvgIpc) is 2.16. The number of carbonyl (C=O) groups excluding carboxylic acids is 1. The standard InChI is InChI=1S/C8H8N2O4/c9-10-7(12)6-4(8(13)14)2-1-3-5(6)11/h1-3,11H,9H2,(H,10,12)(H,13,14). The maximum Gasteiger partial charge on any atom is 0.336 e. The number of phenolic OH excluding ortho intramolecular Hbond substituents is 1. The van der Waals surface area contributed by atoms with Crippen LogP contribution in [-0.2, 0) is 0 Å². The number of hydrogen-bond acceptors (Lipinski definition) is 4. The van der Waals surface area contributed by atoms with Crippen molar-refractivity contribution in [2.45, 2.75) is 0 Å². The number of carboxylic acid groups (broad SMARTS) is 1. The summed E-state index contributed by atoms with van der Waals surface area (Å²) in [5.74, 6) is 2.26. The van der Waals surface area contributed by atoms with Crippen LogP contribution in [0.2, 0.25) is 0 Å². The maximum atomic E-state index is 11.1. The number of aromatic hydroxyl groups is 1. The Kier molecular flexibility index (Phi) is 2.68. The zero-order valence-corrected chi connectivity index (χ0v) is 7.02. The molecule has 5 N–H and O–H groups in total. The summed E-state index contributed by atoms with van der Waals surface area (Å²) in [5.41, 5.74) is 1.11. The number of hydrazine groups is 1. The van der Waals surface area contributed by atoms with Gasteiger partial charge in [-0.1, -0.05) is 6.07 Å². The lowest BCUT2D eigenvalue weighted by atomic mass is 10.1. The number of nitrogen functional groups attached to an aromatic ring is 1. The molecule has 1 amide bonds. The van der Waals surface area contributed by atoms with Crippen molar-refractivity contribution in [3.63, 3.8) is 0 Å². The first kappa shape index (κ1) is 10.0. The number of amides is 1. The summed E-state index contributed by atoms with van der Waals surface area (Å²) in [4.78, 5) is 21.8. The Morgan fingerprint density at radius 2 is 2.00 bits per heavy atom. The summed E-state index contributed by atoms with van der Waals surface area (Å²) in [5, 5.41) is 18.0. The molecule has 0 bridgehead atoms. The lowest BCUT2D eigenvalue weighted by Gasteiger charge is -2.05. The number of rotatable bonds is 2. The van der Waals surface area contributed by atoms with Crippen molar-refractivity contribution in [3.8, 4) is 5.75 Å². The Labute approximate surface area is 78.9 Å². The average molecular weight is 196 g/mol.